The van der Waals surface area contributed by atoms with E-state index in [4.69, 9.17) is 14.6 Å². The largest absolute Gasteiger partial charge is 0.466 e. The summed E-state index contributed by atoms with van der Waals surface area (Å²) in [6.45, 7) is 6.14. The van der Waals surface area contributed by atoms with E-state index in [2.05, 4.69) is 11.5 Å². The second-order valence-corrected chi connectivity index (χ2v) is 10.9. The van der Waals surface area contributed by atoms with Crippen molar-refractivity contribution in [2.45, 2.75) is 39.5 Å². The highest BCUT2D eigenvalue weighted by Crippen LogP contribution is 2.45. The fourth-order valence-corrected chi connectivity index (χ4v) is 5.98. The number of hydrazone groups is 1. The van der Waals surface area contributed by atoms with Crippen molar-refractivity contribution in [3.8, 4) is 11.5 Å². The number of hydrogen-bond acceptors (Lipinski definition) is 6. The normalized spacial score (nSPS) is 18.4. The van der Waals surface area contributed by atoms with E-state index in [1.165, 1.54) is 0 Å². The number of fused-ring (bicyclic) bond motifs is 2. The maximum Gasteiger partial charge on any atom is 0.310 e. The number of nitrogens with zero attached hydrogens (tertiary/aromatic N) is 1. The molecule has 0 radical (unpaired) electrons. The molecule has 0 unspecified atom stereocenters. The molecular weight excluding hydrogens is 472 g/mol. The van der Waals surface area contributed by atoms with Crippen molar-refractivity contribution >= 4 is 28.2 Å². The molecule has 0 aromatic heterocycles. The van der Waals surface area contributed by atoms with Crippen LogP contribution in [0.4, 0.5) is 5.69 Å². The van der Waals surface area contributed by atoms with Gasteiger partial charge in [-0.05, 0) is 55.2 Å². The van der Waals surface area contributed by atoms with Gasteiger partial charge in [-0.3, -0.25) is 14.4 Å². The van der Waals surface area contributed by atoms with Gasteiger partial charge in [0.05, 0.1) is 24.4 Å². The molecular formula is C29H30N2O4S. The number of hydrogen-bond donors (Lipinski definition) is 1. The minimum Gasteiger partial charge on any atom is -0.466 e. The van der Waals surface area contributed by atoms with Crippen LogP contribution in [0.5, 0.6) is 11.5 Å². The zero-order valence-electron chi connectivity index (χ0n) is 20.8. The van der Waals surface area contributed by atoms with Crippen LogP contribution in [0, 0.1) is 6.92 Å². The maximum absolute atomic E-state index is 12.3. The van der Waals surface area contributed by atoms with Crippen LogP contribution in [0.1, 0.15) is 53.1 Å². The molecule has 6 nitrogen and oxygen atoms in total. The number of aryl methyl sites for hydroxylation is 1. The third-order valence-electron chi connectivity index (χ3n) is 6.70. The van der Waals surface area contributed by atoms with E-state index in [-0.39, 0.29) is 18.3 Å². The highest BCUT2D eigenvalue weighted by atomic mass is 32.2. The minimum atomic E-state index is -0.773. The van der Waals surface area contributed by atoms with Crippen LogP contribution in [-0.2, 0) is 33.2 Å². The molecule has 0 aliphatic carbocycles. The van der Waals surface area contributed by atoms with Crippen LogP contribution < -0.4 is 10.2 Å². The van der Waals surface area contributed by atoms with Crippen molar-refractivity contribution in [2.24, 2.45) is 5.10 Å². The Labute approximate surface area is 214 Å². The van der Waals surface area contributed by atoms with E-state index < -0.39 is 10.8 Å². The van der Waals surface area contributed by atoms with Crippen LogP contribution in [0.2, 0.25) is 0 Å². The topological polar surface area (TPSA) is 77.0 Å². The predicted octanol–water partition coefficient (Wildman–Crippen LogP) is 5.48. The SMILES string of the molecule is CCOC(=O)Cc1cc(C)cc2c1Cc1c(ccc(C3CS(=O)C3)c1NN=C(C)c1ccccc1)O2. The van der Waals surface area contributed by atoms with E-state index >= 15 is 0 Å². The summed E-state index contributed by atoms with van der Waals surface area (Å²) in [5, 5.41) is 4.72. The first-order chi connectivity index (χ1) is 17.4. The molecule has 3 aromatic carbocycles. The van der Waals surface area contributed by atoms with Gasteiger partial charge in [0, 0.05) is 45.8 Å². The number of anilines is 1. The third kappa shape index (κ3) is 4.93. The van der Waals surface area contributed by atoms with Gasteiger partial charge in [0.15, 0.2) is 0 Å². The molecule has 1 N–H and O–H groups in total. The van der Waals surface area contributed by atoms with Crippen LogP contribution >= 0.6 is 0 Å². The summed E-state index contributed by atoms with van der Waals surface area (Å²) in [5.41, 5.74) is 11.2. The first kappa shape index (κ1) is 24.3. The molecule has 1 fully saturated rings. The molecule has 2 heterocycles. The van der Waals surface area contributed by atoms with Gasteiger partial charge in [-0.2, -0.15) is 5.10 Å². The molecule has 186 valence electrons. The zero-order valence-corrected chi connectivity index (χ0v) is 21.6. The number of esters is 1. The molecule has 0 amide bonds. The molecule has 5 rings (SSSR count). The first-order valence-electron chi connectivity index (χ1n) is 12.2. The first-order valence-corrected chi connectivity index (χ1v) is 13.7. The van der Waals surface area contributed by atoms with Crippen molar-refractivity contribution in [3.05, 3.63) is 88.0 Å². The van der Waals surface area contributed by atoms with Crippen molar-refractivity contribution < 1.29 is 18.5 Å². The predicted molar refractivity (Wildman–Crippen MR) is 144 cm³/mol. The van der Waals surface area contributed by atoms with E-state index in [9.17, 15) is 9.00 Å². The maximum atomic E-state index is 12.3. The fraction of sp³-hybridized carbons (Fsp3) is 0.310. The van der Waals surface area contributed by atoms with Gasteiger partial charge in [0.25, 0.3) is 0 Å². The summed E-state index contributed by atoms with van der Waals surface area (Å²) in [7, 11) is -0.773. The quantitative estimate of drug-likeness (QED) is 0.206. The van der Waals surface area contributed by atoms with Gasteiger partial charge in [-0.25, -0.2) is 0 Å². The highest BCUT2D eigenvalue weighted by Gasteiger charge is 2.32. The monoisotopic (exact) mass is 502 g/mol. The van der Waals surface area contributed by atoms with E-state index in [0.29, 0.717) is 24.5 Å². The lowest BCUT2D eigenvalue weighted by Crippen LogP contribution is -2.29. The van der Waals surface area contributed by atoms with Crippen molar-refractivity contribution in [1.82, 2.24) is 0 Å². The number of rotatable bonds is 7. The number of nitrogens with one attached hydrogen (secondary N) is 1. The van der Waals surface area contributed by atoms with Gasteiger partial charge >= 0.3 is 5.97 Å². The smallest absolute Gasteiger partial charge is 0.310 e. The van der Waals surface area contributed by atoms with Gasteiger partial charge in [0.1, 0.15) is 11.5 Å². The molecule has 7 heteroatoms. The molecule has 3 aromatic rings. The lowest BCUT2D eigenvalue weighted by molar-refractivity contribution is -0.142. The highest BCUT2D eigenvalue weighted by molar-refractivity contribution is 7.86. The van der Waals surface area contributed by atoms with Gasteiger partial charge in [-0.1, -0.05) is 42.5 Å². The van der Waals surface area contributed by atoms with Gasteiger partial charge < -0.3 is 9.47 Å². The molecule has 2 aliphatic rings. The summed E-state index contributed by atoms with van der Waals surface area (Å²) >= 11 is 0. The number of benzene rings is 3. The van der Waals surface area contributed by atoms with E-state index in [1.807, 2.05) is 69.3 Å². The minimum absolute atomic E-state index is 0.200. The Kier molecular flexibility index (Phi) is 6.92. The van der Waals surface area contributed by atoms with Crippen LogP contribution in [0.15, 0.2) is 59.7 Å². The van der Waals surface area contributed by atoms with Gasteiger partial charge in [0.2, 0.25) is 0 Å². The Bertz CT molecular complexity index is 1360. The molecule has 0 bridgehead atoms. The molecule has 36 heavy (non-hydrogen) atoms. The number of carbonyl (C=O) groups is 1. The second kappa shape index (κ2) is 10.3. The van der Waals surface area contributed by atoms with Crippen molar-refractivity contribution in [2.75, 3.05) is 23.5 Å². The van der Waals surface area contributed by atoms with Crippen LogP contribution in [0.3, 0.4) is 0 Å². The van der Waals surface area contributed by atoms with E-state index in [0.717, 1.165) is 56.3 Å². The lowest BCUT2D eigenvalue weighted by atomic mass is 9.89. The molecule has 0 spiro atoms. The fourth-order valence-electron chi connectivity index (χ4n) is 4.82. The Hall–Kier alpha value is -3.45. The number of ether oxygens (including phenoxy) is 2. The van der Waals surface area contributed by atoms with E-state index in [1.54, 1.807) is 0 Å². The Balaban J connectivity index is 1.54. The summed E-state index contributed by atoms with van der Waals surface area (Å²) in [6, 6.07) is 18.1. The van der Waals surface area contributed by atoms with Crippen LogP contribution in [0.25, 0.3) is 0 Å². The van der Waals surface area contributed by atoms with Crippen molar-refractivity contribution in [3.63, 3.8) is 0 Å². The standard InChI is InChI=1S/C29H30N2O4S/c1-4-34-28(32)14-21-12-18(2)13-27-24(21)15-25-26(35-27)11-10-23(22-16-36(33)17-22)29(25)31-30-19(3)20-8-6-5-7-9-20/h5-13,22,31H,4,14-17H2,1-3H3. The Morgan fingerprint density at radius 2 is 1.89 bits per heavy atom. The molecule has 2 aliphatic heterocycles. The van der Waals surface area contributed by atoms with Crippen LogP contribution in [-0.4, -0.2) is 34.0 Å². The Morgan fingerprint density at radius 1 is 1.11 bits per heavy atom. The average molecular weight is 503 g/mol. The zero-order chi connectivity index (χ0) is 25.2. The number of carbonyl (C=O) groups excluding carboxylic acids is 1. The summed E-state index contributed by atoms with van der Waals surface area (Å²) < 4.78 is 23.5. The molecule has 1 saturated heterocycles. The third-order valence-corrected chi connectivity index (χ3v) is 8.25. The second-order valence-electron chi connectivity index (χ2n) is 9.31. The molecule has 0 atom stereocenters. The summed E-state index contributed by atoms with van der Waals surface area (Å²) in [4.78, 5) is 12.3. The Morgan fingerprint density at radius 3 is 2.61 bits per heavy atom. The average Bonchev–Trinajstić information content (AvgIpc) is 2.85. The summed E-state index contributed by atoms with van der Waals surface area (Å²) in [5.74, 6) is 2.82. The lowest BCUT2D eigenvalue weighted by Gasteiger charge is -2.31. The van der Waals surface area contributed by atoms with Gasteiger partial charge in [-0.15, -0.1) is 0 Å². The van der Waals surface area contributed by atoms with Crippen molar-refractivity contribution in [1.29, 1.82) is 0 Å². The molecule has 0 saturated carbocycles. The summed E-state index contributed by atoms with van der Waals surface area (Å²) in [6.07, 6.45) is 0.803.